The molecule has 0 aliphatic rings. The Morgan fingerprint density at radius 1 is 1.03 bits per heavy atom. The molecule has 0 radical (unpaired) electrons. The van der Waals surface area contributed by atoms with Gasteiger partial charge in [-0.05, 0) is 51.3 Å². The van der Waals surface area contributed by atoms with Gasteiger partial charge in [0.25, 0.3) is 0 Å². The fourth-order valence-electron chi connectivity index (χ4n) is 3.51. The van der Waals surface area contributed by atoms with Gasteiger partial charge in [-0.15, -0.1) is 0 Å². The second-order valence-electron chi connectivity index (χ2n) is 9.65. The number of hydrogen-bond donors (Lipinski definition) is 5. The fraction of sp³-hybridized carbons (Fsp3) is 0.480. The standard InChI is InChI=1S/C25H35N3O7/c1-13(2)20(21(30)19-14(3)22(31)28-23(19)32)27-18(29)12-17(26-24(33)35-25(4,5)6)15-8-10-16(34-7)11-9-15/h8-11,13,17,20,28,31-32H,12H2,1-7H3,(H,26,33)(H,27,29)/t17?,20-/m0/s1. The zero-order valence-corrected chi connectivity index (χ0v) is 21.2. The van der Waals surface area contributed by atoms with Crippen molar-refractivity contribution in [3.05, 3.63) is 41.0 Å². The van der Waals surface area contributed by atoms with Crippen LogP contribution < -0.4 is 15.4 Å². The lowest BCUT2D eigenvalue weighted by Crippen LogP contribution is -2.46. The molecule has 192 valence electrons. The molecule has 10 nitrogen and oxygen atoms in total. The maximum absolute atomic E-state index is 13.1. The summed E-state index contributed by atoms with van der Waals surface area (Å²) in [6.07, 6.45) is -0.864. The molecule has 0 fully saturated rings. The van der Waals surface area contributed by atoms with E-state index >= 15 is 0 Å². The molecule has 10 heteroatoms. The number of H-pyrrole nitrogens is 1. The van der Waals surface area contributed by atoms with Crippen LogP contribution in [0.25, 0.3) is 0 Å². The first-order chi connectivity index (χ1) is 16.2. The Morgan fingerprint density at radius 2 is 1.63 bits per heavy atom. The Balaban J connectivity index is 2.25. The zero-order chi connectivity index (χ0) is 26.5. The minimum absolute atomic E-state index is 0.0833. The van der Waals surface area contributed by atoms with E-state index in [1.54, 1.807) is 58.9 Å². The van der Waals surface area contributed by atoms with Crippen molar-refractivity contribution >= 4 is 17.8 Å². The van der Waals surface area contributed by atoms with E-state index in [9.17, 15) is 24.6 Å². The van der Waals surface area contributed by atoms with Crippen LogP contribution in [0.1, 0.15) is 68.6 Å². The Bertz CT molecular complexity index is 1050. The molecule has 0 saturated carbocycles. The van der Waals surface area contributed by atoms with E-state index in [2.05, 4.69) is 15.6 Å². The molecule has 2 amide bonds. The summed E-state index contributed by atoms with van der Waals surface area (Å²) in [7, 11) is 1.53. The highest BCUT2D eigenvalue weighted by Gasteiger charge is 2.32. The highest BCUT2D eigenvalue weighted by Crippen LogP contribution is 2.30. The van der Waals surface area contributed by atoms with Gasteiger partial charge in [-0.2, -0.15) is 0 Å². The van der Waals surface area contributed by atoms with E-state index in [1.807, 2.05) is 0 Å². The topological polar surface area (TPSA) is 150 Å². The minimum Gasteiger partial charge on any atom is -0.497 e. The van der Waals surface area contributed by atoms with Crippen LogP contribution in [0.5, 0.6) is 17.5 Å². The monoisotopic (exact) mass is 489 g/mol. The Labute approximate surface area is 205 Å². The van der Waals surface area contributed by atoms with E-state index in [4.69, 9.17) is 9.47 Å². The number of benzene rings is 1. The number of nitrogens with one attached hydrogen (secondary N) is 3. The van der Waals surface area contributed by atoms with Crippen LogP contribution in [0.2, 0.25) is 0 Å². The first-order valence-electron chi connectivity index (χ1n) is 11.3. The molecule has 1 unspecified atom stereocenters. The van der Waals surface area contributed by atoms with Gasteiger partial charge in [-0.25, -0.2) is 4.79 Å². The van der Waals surface area contributed by atoms with Crippen molar-refractivity contribution in [1.29, 1.82) is 0 Å². The molecule has 2 atom stereocenters. The van der Waals surface area contributed by atoms with Crippen LogP contribution in [0.4, 0.5) is 4.79 Å². The van der Waals surface area contributed by atoms with Crippen molar-refractivity contribution in [1.82, 2.24) is 15.6 Å². The van der Waals surface area contributed by atoms with Gasteiger partial charge in [0.05, 0.1) is 31.2 Å². The van der Waals surface area contributed by atoms with Crippen LogP contribution in [-0.2, 0) is 9.53 Å². The smallest absolute Gasteiger partial charge is 0.408 e. The van der Waals surface area contributed by atoms with Gasteiger partial charge < -0.3 is 30.3 Å². The van der Waals surface area contributed by atoms with Gasteiger partial charge in [0.2, 0.25) is 11.8 Å². The van der Waals surface area contributed by atoms with Crippen LogP contribution in [0, 0.1) is 12.8 Å². The number of aromatic amines is 1. The van der Waals surface area contributed by atoms with Gasteiger partial charge in [-0.3, -0.25) is 14.6 Å². The highest BCUT2D eigenvalue weighted by molar-refractivity contribution is 6.05. The first-order valence-corrected chi connectivity index (χ1v) is 11.3. The number of carbonyl (C=O) groups is 3. The minimum atomic E-state index is -0.972. The van der Waals surface area contributed by atoms with Crippen LogP contribution in [-0.4, -0.2) is 51.7 Å². The summed E-state index contributed by atoms with van der Waals surface area (Å²) in [6, 6.07) is 5.15. The summed E-state index contributed by atoms with van der Waals surface area (Å²) in [5, 5.41) is 25.3. The number of methoxy groups -OCH3 is 1. The molecule has 1 aromatic carbocycles. The van der Waals surface area contributed by atoms with Crippen molar-refractivity contribution in [3.8, 4) is 17.5 Å². The summed E-state index contributed by atoms with van der Waals surface area (Å²) in [6.45, 7) is 10.2. The number of aromatic nitrogens is 1. The molecule has 2 rings (SSSR count). The summed E-state index contributed by atoms with van der Waals surface area (Å²) >= 11 is 0. The van der Waals surface area contributed by atoms with Crippen molar-refractivity contribution in [3.63, 3.8) is 0 Å². The quantitative estimate of drug-likeness (QED) is 0.337. The highest BCUT2D eigenvalue weighted by atomic mass is 16.6. The second kappa shape index (κ2) is 11.2. The third-order valence-corrected chi connectivity index (χ3v) is 5.31. The second-order valence-corrected chi connectivity index (χ2v) is 9.65. The summed E-state index contributed by atoms with van der Waals surface area (Å²) in [5.74, 6) is -1.52. The number of hydrogen-bond acceptors (Lipinski definition) is 7. The van der Waals surface area contributed by atoms with E-state index < -0.39 is 41.3 Å². The van der Waals surface area contributed by atoms with Gasteiger partial charge in [0, 0.05) is 5.56 Å². The maximum atomic E-state index is 13.1. The van der Waals surface area contributed by atoms with Gasteiger partial charge in [0.1, 0.15) is 11.4 Å². The Kier molecular flexibility index (Phi) is 8.78. The number of ketones is 1. The molecule has 0 aliphatic carbocycles. The number of amides is 2. The third kappa shape index (κ3) is 7.40. The van der Waals surface area contributed by atoms with E-state index in [1.165, 1.54) is 14.0 Å². The summed E-state index contributed by atoms with van der Waals surface area (Å²) in [5.41, 5.74) is 0.0203. The number of ether oxygens (including phenoxy) is 2. The molecule has 35 heavy (non-hydrogen) atoms. The first kappa shape index (κ1) is 27.6. The third-order valence-electron chi connectivity index (χ3n) is 5.31. The maximum Gasteiger partial charge on any atom is 0.408 e. The van der Waals surface area contributed by atoms with Crippen molar-refractivity contribution in [2.24, 2.45) is 5.92 Å². The van der Waals surface area contributed by atoms with Gasteiger partial charge >= 0.3 is 6.09 Å². The van der Waals surface area contributed by atoms with Crippen molar-refractivity contribution in [2.75, 3.05) is 7.11 Å². The SMILES string of the molecule is COc1ccc(C(CC(=O)N[C@H](C(=O)c2c(O)[nH]c(O)c2C)C(C)C)NC(=O)OC(C)(C)C)cc1. The van der Waals surface area contributed by atoms with E-state index in [-0.39, 0.29) is 29.3 Å². The predicted molar refractivity (Wildman–Crippen MR) is 130 cm³/mol. The van der Waals surface area contributed by atoms with Crippen molar-refractivity contribution in [2.45, 2.75) is 65.6 Å². The van der Waals surface area contributed by atoms with Crippen LogP contribution in [0.15, 0.2) is 24.3 Å². The Hall–Kier alpha value is -3.69. The lowest BCUT2D eigenvalue weighted by atomic mass is 9.93. The Morgan fingerprint density at radius 3 is 2.09 bits per heavy atom. The number of aromatic hydroxyl groups is 2. The number of carbonyl (C=O) groups excluding carboxylic acids is 3. The molecule has 1 aromatic heterocycles. The average molecular weight is 490 g/mol. The molecule has 0 saturated heterocycles. The number of alkyl carbamates (subject to hydrolysis) is 1. The normalized spacial score (nSPS) is 13.1. The molecule has 2 aromatic rings. The summed E-state index contributed by atoms with van der Waals surface area (Å²) < 4.78 is 10.5. The molecule has 0 aliphatic heterocycles. The molecule has 1 heterocycles. The summed E-state index contributed by atoms with van der Waals surface area (Å²) in [4.78, 5) is 40.9. The molecular formula is C25H35N3O7. The zero-order valence-electron chi connectivity index (χ0n) is 21.2. The lowest BCUT2D eigenvalue weighted by molar-refractivity contribution is -0.122. The average Bonchev–Trinajstić information content (AvgIpc) is 3.00. The largest absolute Gasteiger partial charge is 0.497 e. The van der Waals surface area contributed by atoms with Gasteiger partial charge in [0.15, 0.2) is 11.7 Å². The van der Waals surface area contributed by atoms with E-state index in [0.717, 1.165) is 0 Å². The van der Waals surface area contributed by atoms with Crippen molar-refractivity contribution < 1.29 is 34.1 Å². The molecular weight excluding hydrogens is 454 g/mol. The van der Waals surface area contributed by atoms with Gasteiger partial charge in [-0.1, -0.05) is 26.0 Å². The number of Topliss-reactive ketones (excluding diaryl/α,β-unsaturated/α-hetero) is 1. The molecule has 0 spiro atoms. The fourth-order valence-corrected chi connectivity index (χ4v) is 3.51. The van der Waals surface area contributed by atoms with Crippen LogP contribution >= 0.6 is 0 Å². The lowest BCUT2D eigenvalue weighted by Gasteiger charge is -2.25. The number of rotatable bonds is 9. The van der Waals surface area contributed by atoms with E-state index in [0.29, 0.717) is 11.3 Å². The molecule has 0 bridgehead atoms. The molecule has 5 N–H and O–H groups in total. The predicted octanol–water partition coefficient (Wildman–Crippen LogP) is 3.72. The van der Waals surface area contributed by atoms with Crippen LogP contribution in [0.3, 0.4) is 0 Å².